The Labute approximate surface area is 208 Å². The second kappa shape index (κ2) is 8.77. The van der Waals surface area contributed by atoms with E-state index in [1.54, 1.807) is 7.11 Å². The van der Waals surface area contributed by atoms with Crippen LogP contribution in [-0.4, -0.2) is 44.1 Å². The molecule has 3 fully saturated rings. The van der Waals surface area contributed by atoms with Crippen LogP contribution in [0.25, 0.3) is 6.08 Å². The summed E-state index contributed by atoms with van der Waals surface area (Å²) < 4.78 is 5.46. The van der Waals surface area contributed by atoms with Gasteiger partial charge in [-0.25, -0.2) is 0 Å². The number of amides is 1. The van der Waals surface area contributed by atoms with Crippen molar-refractivity contribution in [1.29, 1.82) is 0 Å². The van der Waals surface area contributed by atoms with Crippen molar-refractivity contribution in [3.05, 3.63) is 65.2 Å². The maximum Gasteiger partial charge on any atom is 0.235 e. The minimum absolute atomic E-state index is 0.183. The van der Waals surface area contributed by atoms with Crippen LogP contribution in [0.2, 0.25) is 0 Å². The van der Waals surface area contributed by atoms with Crippen molar-refractivity contribution in [2.45, 2.75) is 49.7 Å². The van der Waals surface area contributed by atoms with Crippen LogP contribution in [0.3, 0.4) is 0 Å². The third-order valence-electron chi connectivity index (χ3n) is 8.76. The Morgan fingerprint density at radius 3 is 2.71 bits per heavy atom. The molecule has 0 radical (unpaired) electrons. The van der Waals surface area contributed by atoms with Crippen molar-refractivity contribution < 1.29 is 9.53 Å². The SMILES string of the molecule is COc1ccc2c(c1)[C@]1(C[C@H]1C1CCC3C(/C=C/c4ccc(CN(C)C)cc4)NNC3C1)C(=O)N2. The van der Waals surface area contributed by atoms with Crippen LogP contribution in [0, 0.1) is 17.8 Å². The zero-order valence-electron chi connectivity index (χ0n) is 20.9. The van der Waals surface area contributed by atoms with E-state index in [1.807, 2.05) is 12.1 Å². The number of ether oxygens (including phenoxy) is 1. The fourth-order valence-corrected chi connectivity index (χ4v) is 6.92. The second-order valence-corrected chi connectivity index (χ2v) is 11.1. The van der Waals surface area contributed by atoms with Crippen LogP contribution < -0.4 is 20.9 Å². The predicted octanol–water partition coefficient (Wildman–Crippen LogP) is 3.94. The second-order valence-electron chi connectivity index (χ2n) is 11.1. The molecule has 35 heavy (non-hydrogen) atoms. The van der Waals surface area contributed by atoms with Crippen LogP contribution in [0.4, 0.5) is 5.69 Å². The van der Waals surface area contributed by atoms with Crippen molar-refractivity contribution in [2.75, 3.05) is 26.5 Å². The third-order valence-corrected chi connectivity index (χ3v) is 8.76. The van der Waals surface area contributed by atoms with E-state index in [0.29, 0.717) is 29.8 Å². The van der Waals surface area contributed by atoms with Gasteiger partial charge in [-0.15, -0.1) is 0 Å². The zero-order chi connectivity index (χ0) is 24.2. The van der Waals surface area contributed by atoms with E-state index in [2.05, 4.69) is 77.6 Å². The highest BCUT2D eigenvalue weighted by Crippen LogP contribution is 2.65. The van der Waals surface area contributed by atoms with Crippen molar-refractivity contribution >= 4 is 17.7 Å². The Balaban J connectivity index is 1.10. The first-order chi connectivity index (χ1) is 17.0. The van der Waals surface area contributed by atoms with Crippen LogP contribution in [-0.2, 0) is 16.8 Å². The van der Waals surface area contributed by atoms with Crippen LogP contribution in [0.15, 0.2) is 48.5 Å². The maximum absolute atomic E-state index is 13.0. The van der Waals surface area contributed by atoms with Gasteiger partial charge in [-0.3, -0.25) is 15.6 Å². The highest BCUT2D eigenvalue weighted by Gasteiger charge is 2.67. The summed E-state index contributed by atoms with van der Waals surface area (Å²) in [5.74, 6) is 2.60. The average molecular weight is 473 g/mol. The smallest absolute Gasteiger partial charge is 0.235 e. The molecule has 6 atom stereocenters. The first kappa shape index (κ1) is 22.8. The van der Waals surface area contributed by atoms with Crippen LogP contribution >= 0.6 is 0 Å². The van der Waals surface area contributed by atoms with Gasteiger partial charge >= 0.3 is 0 Å². The quantitative estimate of drug-likeness (QED) is 0.594. The van der Waals surface area contributed by atoms with Crippen molar-refractivity contribution in [3.63, 3.8) is 0 Å². The van der Waals surface area contributed by atoms with E-state index >= 15 is 0 Å². The summed E-state index contributed by atoms with van der Waals surface area (Å²) in [6.07, 6.45) is 9.03. The molecule has 4 unspecified atom stereocenters. The van der Waals surface area contributed by atoms with Gasteiger partial charge in [0.05, 0.1) is 12.5 Å². The van der Waals surface area contributed by atoms with E-state index in [1.165, 1.54) is 24.0 Å². The first-order valence-electron chi connectivity index (χ1n) is 12.9. The van der Waals surface area contributed by atoms with E-state index < -0.39 is 0 Å². The molecule has 0 aromatic heterocycles. The Kier molecular flexibility index (Phi) is 5.71. The molecule has 184 valence electrons. The topological polar surface area (TPSA) is 65.6 Å². The number of rotatable bonds is 6. The van der Waals surface area contributed by atoms with E-state index in [9.17, 15) is 4.79 Å². The maximum atomic E-state index is 13.0. The standard InChI is InChI=1S/C29H36N4O2/c1-33(2)17-19-6-4-18(5-7-19)8-12-25-22-11-9-20(14-27(22)32-31-25)24-16-29(24)23-15-21(35-3)10-13-26(23)30-28(29)34/h4-8,10,12-13,15,20,22,24-25,27,31-32H,9,11,14,16-17H2,1-3H3,(H,30,34)/b12-8+/t20?,22?,24-,25?,27?,29-/m0/s1. The lowest BCUT2D eigenvalue weighted by Gasteiger charge is -2.33. The van der Waals surface area contributed by atoms with Gasteiger partial charge in [0.1, 0.15) is 5.75 Å². The largest absolute Gasteiger partial charge is 0.497 e. The molecule has 0 bridgehead atoms. The summed E-state index contributed by atoms with van der Waals surface area (Å²) >= 11 is 0. The molecule has 6 heteroatoms. The van der Waals surface area contributed by atoms with Gasteiger partial charge in [0.25, 0.3) is 0 Å². The molecule has 2 aromatic carbocycles. The Bertz CT molecular complexity index is 1140. The number of fused-ring (bicyclic) bond motifs is 3. The first-order valence-corrected chi connectivity index (χ1v) is 12.9. The molecule has 6 nitrogen and oxygen atoms in total. The van der Waals surface area contributed by atoms with Gasteiger partial charge in [-0.05, 0) is 92.4 Å². The normalized spacial score (nSPS) is 33.3. The van der Waals surface area contributed by atoms with Gasteiger partial charge in [0, 0.05) is 24.3 Å². The summed E-state index contributed by atoms with van der Waals surface area (Å²) in [5, 5.41) is 3.13. The average Bonchev–Trinajstić information content (AvgIpc) is 3.40. The number of methoxy groups -OCH3 is 1. The number of hydrazine groups is 1. The fraction of sp³-hybridized carbons (Fsp3) is 0.483. The van der Waals surface area contributed by atoms with Gasteiger partial charge < -0.3 is 15.0 Å². The Morgan fingerprint density at radius 1 is 1.11 bits per heavy atom. The Hall–Kier alpha value is -2.67. The molecule has 1 spiro atoms. The number of hydrogen-bond donors (Lipinski definition) is 3. The Morgan fingerprint density at radius 2 is 1.94 bits per heavy atom. The summed E-state index contributed by atoms with van der Waals surface area (Å²) in [6, 6.07) is 15.6. The monoisotopic (exact) mass is 472 g/mol. The van der Waals surface area contributed by atoms with Gasteiger partial charge in [0.15, 0.2) is 0 Å². The number of nitrogens with zero attached hydrogens (tertiary/aromatic N) is 1. The molecule has 4 aliphatic rings. The minimum atomic E-state index is -0.342. The highest BCUT2D eigenvalue weighted by atomic mass is 16.5. The van der Waals surface area contributed by atoms with Gasteiger partial charge in [-0.1, -0.05) is 36.4 Å². The lowest BCUT2D eigenvalue weighted by molar-refractivity contribution is -0.118. The predicted molar refractivity (Wildman–Crippen MR) is 139 cm³/mol. The van der Waals surface area contributed by atoms with E-state index in [4.69, 9.17) is 4.74 Å². The molecule has 2 aliphatic carbocycles. The minimum Gasteiger partial charge on any atom is -0.497 e. The number of benzene rings is 2. The highest BCUT2D eigenvalue weighted by molar-refractivity contribution is 6.09. The molecule has 6 rings (SSSR count). The van der Waals surface area contributed by atoms with Crippen LogP contribution in [0.1, 0.15) is 42.4 Å². The fourth-order valence-electron chi connectivity index (χ4n) is 6.92. The van der Waals surface area contributed by atoms with Gasteiger partial charge in [0.2, 0.25) is 5.91 Å². The summed E-state index contributed by atoms with van der Waals surface area (Å²) in [5.41, 5.74) is 11.5. The number of hydrogen-bond acceptors (Lipinski definition) is 5. The van der Waals surface area contributed by atoms with Crippen molar-refractivity contribution in [2.24, 2.45) is 17.8 Å². The molecule has 3 N–H and O–H groups in total. The van der Waals surface area contributed by atoms with Crippen molar-refractivity contribution in [1.82, 2.24) is 15.8 Å². The lowest BCUT2D eigenvalue weighted by atomic mass is 9.73. The molecular formula is C29H36N4O2. The molecule has 1 saturated heterocycles. The molecule has 2 aromatic rings. The lowest BCUT2D eigenvalue weighted by Crippen LogP contribution is -2.37. The molecular weight excluding hydrogens is 436 g/mol. The van der Waals surface area contributed by atoms with Crippen LogP contribution in [0.5, 0.6) is 5.75 Å². The number of anilines is 1. The molecule has 2 saturated carbocycles. The third kappa shape index (κ3) is 3.98. The summed E-state index contributed by atoms with van der Waals surface area (Å²) in [7, 11) is 5.88. The molecule has 2 heterocycles. The zero-order valence-corrected chi connectivity index (χ0v) is 20.9. The number of carbonyl (C=O) groups is 1. The van der Waals surface area contributed by atoms with E-state index in [-0.39, 0.29) is 11.3 Å². The van der Waals surface area contributed by atoms with E-state index in [0.717, 1.165) is 36.4 Å². The van der Waals surface area contributed by atoms with Crippen molar-refractivity contribution in [3.8, 4) is 5.75 Å². The number of carbonyl (C=O) groups excluding carboxylic acids is 1. The summed E-state index contributed by atoms with van der Waals surface area (Å²) in [6.45, 7) is 0.964. The summed E-state index contributed by atoms with van der Waals surface area (Å²) in [4.78, 5) is 15.2. The molecule has 1 amide bonds. The molecule has 2 aliphatic heterocycles. The number of nitrogens with one attached hydrogen (secondary N) is 3. The van der Waals surface area contributed by atoms with Gasteiger partial charge in [-0.2, -0.15) is 0 Å².